The molecule has 38 heavy (non-hydrogen) atoms. The largest absolute Gasteiger partial charge is 0.492 e. The summed E-state index contributed by atoms with van der Waals surface area (Å²) in [6.45, 7) is 7.90. The Morgan fingerprint density at radius 1 is 1.05 bits per heavy atom. The molecule has 3 N–H and O–H groups in total. The van der Waals surface area contributed by atoms with Crippen LogP contribution in [-0.2, 0) is 4.79 Å². The van der Waals surface area contributed by atoms with E-state index in [9.17, 15) is 9.59 Å². The van der Waals surface area contributed by atoms with Crippen molar-refractivity contribution in [1.29, 1.82) is 0 Å². The number of ether oxygens (including phenoxy) is 1. The number of hydrogen-bond donors (Lipinski definition) is 3. The van der Waals surface area contributed by atoms with E-state index in [1.54, 1.807) is 0 Å². The minimum atomic E-state index is -0.579. The van der Waals surface area contributed by atoms with Gasteiger partial charge < -0.3 is 20.4 Å². The highest BCUT2D eigenvalue weighted by molar-refractivity contribution is 6.02. The third-order valence-corrected chi connectivity index (χ3v) is 7.99. The summed E-state index contributed by atoms with van der Waals surface area (Å²) in [6, 6.07) is 15.0. The zero-order chi connectivity index (χ0) is 26.5. The van der Waals surface area contributed by atoms with Crippen LogP contribution in [0.5, 0.6) is 5.75 Å². The second-order valence-electron chi connectivity index (χ2n) is 10.9. The lowest BCUT2D eigenvalue weighted by atomic mass is 10.0. The van der Waals surface area contributed by atoms with Crippen LogP contribution in [0.4, 0.5) is 0 Å². The number of carbonyl (C=O) groups excluding carboxylic acids is 2. The van der Waals surface area contributed by atoms with Gasteiger partial charge in [-0.1, -0.05) is 43.2 Å². The van der Waals surface area contributed by atoms with Gasteiger partial charge in [0, 0.05) is 17.4 Å². The summed E-state index contributed by atoms with van der Waals surface area (Å²) < 4.78 is 5.92. The average molecular weight is 517 g/mol. The lowest BCUT2D eigenvalue weighted by Crippen LogP contribution is -2.47. The van der Waals surface area contributed by atoms with Crippen molar-refractivity contribution in [3.05, 3.63) is 65.4 Å². The summed E-state index contributed by atoms with van der Waals surface area (Å²) in [5.74, 6) is 1.13. The van der Waals surface area contributed by atoms with Crippen LogP contribution in [0.15, 0.2) is 48.5 Å². The number of likely N-dealkylation sites (tertiary alicyclic amines) is 1. The third kappa shape index (κ3) is 6.57. The molecule has 2 aliphatic rings. The number of benzene rings is 2. The van der Waals surface area contributed by atoms with Crippen LogP contribution in [0, 0.1) is 12.8 Å². The number of para-hydroxylation sites is 1. The van der Waals surface area contributed by atoms with E-state index in [0.29, 0.717) is 24.6 Å². The highest BCUT2D eigenvalue weighted by Gasteiger charge is 2.28. The zero-order valence-electron chi connectivity index (χ0n) is 22.6. The maximum atomic E-state index is 13.4. The van der Waals surface area contributed by atoms with Crippen molar-refractivity contribution >= 4 is 22.7 Å². The Morgan fingerprint density at radius 2 is 1.79 bits per heavy atom. The van der Waals surface area contributed by atoms with Crippen LogP contribution in [-0.4, -0.2) is 54.0 Å². The number of aromatic amines is 1. The molecule has 2 heterocycles. The maximum Gasteiger partial charge on any atom is 0.268 e. The number of nitrogens with zero attached hydrogens (tertiary/aromatic N) is 1. The van der Waals surface area contributed by atoms with E-state index in [2.05, 4.69) is 20.5 Å². The zero-order valence-corrected chi connectivity index (χ0v) is 22.6. The minimum Gasteiger partial charge on any atom is -0.492 e. The molecule has 0 radical (unpaired) electrons. The summed E-state index contributed by atoms with van der Waals surface area (Å²) in [7, 11) is 0. The predicted octanol–water partition coefficient (Wildman–Crippen LogP) is 5.12. The molecule has 2 amide bonds. The van der Waals surface area contributed by atoms with Crippen molar-refractivity contribution in [3.8, 4) is 5.75 Å². The molecule has 0 spiro atoms. The molecule has 3 aromatic rings. The first-order chi connectivity index (χ1) is 18.5. The van der Waals surface area contributed by atoms with Crippen LogP contribution in [0.3, 0.4) is 0 Å². The van der Waals surface area contributed by atoms with Gasteiger partial charge in [-0.05, 0) is 87.9 Å². The molecular weight excluding hydrogens is 476 g/mol. The molecule has 1 saturated heterocycles. The molecule has 1 aliphatic heterocycles. The molecule has 202 valence electrons. The maximum absolute atomic E-state index is 13.4. The van der Waals surface area contributed by atoms with Crippen molar-refractivity contribution in [3.63, 3.8) is 0 Å². The van der Waals surface area contributed by atoms with Gasteiger partial charge in [0.25, 0.3) is 5.91 Å². The highest BCUT2D eigenvalue weighted by atomic mass is 16.5. The molecule has 2 fully saturated rings. The Labute approximate surface area is 225 Å². The summed E-state index contributed by atoms with van der Waals surface area (Å²) in [5, 5.41) is 7.17. The Balaban J connectivity index is 1.18. The highest BCUT2D eigenvalue weighted by Crippen LogP contribution is 2.34. The summed E-state index contributed by atoms with van der Waals surface area (Å²) in [5.41, 5.74) is 3.34. The van der Waals surface area contributed by atoms with Crippen LogP contribution in [0.25, 0.3) is 10.9 Å². The molecule has 2 atom stereocenters. The number of aromatic nitrogens is 1. The summed E-state index contributed by atoms with van der Waals surface area (Å²) >= 11 is 0. The fourth-order valence-electron chi connectivity index (χ4n) is 5.37. The average Bonchev–Trinajstić information content (AvgIpc) is 3.49. The van der Waals surface area contributed by atoms with E-state index in [1.165, 1.54) is 38.8 Å². The van der Waals surface area contributed by atoms with Gasteiger partial charge >= 0.3 is 0 Å². The smallest absolute Gasteiger partial charge is 0.268 e. The first-order valence-electron chi connectivity index (χ1n) is 14.1. The fraction of sp³-hybridized carbons (Fsp3) is 0.484. The van der Waals surface area contributed by atoms with Gasteiger partial charge in [-0.15, -0.1) is 0 Å². The van der Waals surface area contributed by atoms with Crippen LogP contribution in [0.2, 0.25) is 0 Å². The first kappa shape index (κ1) is 26.3. The normalized spacial score (nSPS) is 17.3. The lowest BCUT2D eigenvalue weighted by molar-refractivity contribution is -0.123. The Bertz CT molecular complexity index is 1240. The quantitative estimate of drug-likeness (QED) is 0.312. The number of hydrogen-bond acceptors (Lipinski definition) is 4. The van der Waals surface area contributed by atoms with Crippen molar-refractivity contribution in [2.24, 2.45) is 5.92 Å². The van der Waals surface area contributed by atoms with Crippen molar-refractivity contribution < 1.29 is 14.3 Å². The second-order valence-corrected chi connectivity index (χ2v) is 10.9. The second kappa shape index (κ2) is 12.0. The van der Waals surface area contributed by atoms with Gasteiger partial charge in [0.05, 0.1) is 6.04 Å². The number of aryl methyl sites for hydroxylation is 1. The van der Waals surface area contributed by atoms with E-state index < -0.39 is 6.04 Å². The summed E-state index contributed by atoms with van der Waals surface area (Å²) in [4.78, 5) is 32.3. The van der Waals surface area contributed by atoms with E-state index in [-0.39, 0.29) is 17.9 Å². The van der Waals surface area contributed by atoms with Gasteiger partial charge in [-0.25, -0.2) is 0 Å². The molecule has 1 aliphatic carbocycles. The van der Waals surface area contributed by atoms with Crippen molar-refractivity contribution in [1.82, 2.24) is 20.5 Å². The predicted molar refractivity (Wildman–Crippen MR) is 150 cm³/mol. The number of nitrogens with one attached hydrogen (secondary N) is 3. The number of rotatable bonds is 12. The third-order valence-electron chi connectivity index (χ3n) is 7.99. The Morgan fingerprint density at radius 3 is 2.50 bits per heavy atom. The SMILES string of the molecule is Cc1c(C(=O)NC(CCC2CC2)C(=O)N[C@@H](C)c2ccc(OCCN3CCCC3)cc2)[nH]c2ccccc12. The molecular formula is C31H40N4O3. The van der Waals surface area contributed by atoms with Gasteiger partial charge in [-0.2, -0.15) is 0 Å². The van der Waals surface area contributed by atoms with Gasteiger partial charge in [0.15, 0.2) is 0 Å². The van der Waals surface area contributed by atoms with Crippen LogP contribution >= 0.6 is 0 Å². The number of H-pyrrole nitrogens is 1. The van der Waals surface area contributed by atoms with Crippen molar-refractivity contribution in [2.45, 2.75) is 64.5 Å². The molecule has 7 heteroatoms. The molecule has 5 rings (SSSR count). The van der Waals surface area contributed by atoms with E-state index in [4.69, 9.17) is 4.74 Å². The molecule has 7 nitrogen and oxygen atoms in total. The lowest BCUT2D eigenvalue weighted by Gasteiger charge is -2.22. The first-order valence-corrected chi connectivity index (χ1v) is 14.1. The molecule has 2 aromatic carbocycles. The topological polar surface area (TPSA) is 86.5 Å². The fourth-order valence-corrected chi connectivity index (χ4v) is 5.37. The molecule has 0 bridgehead atoms. The van der Waals surface area contributed by atoms with Gasteiger partial charge in [0.1, 0.15) is 24.1 Å². The number of fused-ring (bicyclic) bond motifs is 1. The molecule has 1 saturated carbocycles. The standard InChI is InChI=1S/C31H40N4O3/c1-21-26-7-3-4-8-27(26)33-29(21)31(37)34-28(16-11-23-9-10-23)30(36)32-22(2)24-12-14-25(15-13-24)38-20-19-35-17-5-6-18-35/h3-4,7-8,12-15,22-23,28,33H,5-6,9-11,16-20H2,1-2H3,(H,32,36)(H,34,37)/t22-,28?/m0/s1. The van der Waals surface area contributed by atoms with E-state index >= 15 is 0 Å². The van der Waals surface area contributed by atoms with Gasteiger partial charge in [0.2, 0.25) is 5.91 Å². The molecule has 1 aromatic heterocycles. The van der Waals surface area contributed by atoms with Crippen LogP contribution < -0.4 is 15.4 Å². The van der Waals surface area contributed by atoms with Gasteiger partial charge in [-0.3, -0.25) is 14.5 Å². The Kier molecular flexibility index (Phi) is 8.32. The van der Waals surface area contributed by atoms with E-state index in [1.807, 2.05) is 62.4 Å². The van der Waals surface area contributed by atoms with Crippen molar-refractivity contribution in [2.75, 3.05) is 26.2 Å². The summed E-state index contributed by atoms with van der Waals surface area (Å²) in [6.07, 6.45) is 6.58. The number of amides is 2. The monoisotopic (exact) mass is 516 g/mol. The molecule has 1 unspecified atom stereocenters. The minimum absolute atomic E-state index is 0.147. The number of carbonyl (C=O) groups is 2. The Hall–Kier alpha value is -3.32. The van der Waals surface area contributed by atoms with E-state index in [0.717, 1.165) is 40.7 Å². The van der Waals surface area contributed by atoms with Crippen LogP contribution in [0.1, 0.15) is 73.1 Å².